The van der Waals surface area contributed by atoms with Crippen molar-refractivity contribution in [3.05, 3.63) is 53.6 Å². The van der Waals surface area contributed by atoms with Crippen LogP contribution in [-0.2, 0) is 11.3 Å². The van der Waals surface area contributed by atoms with Crippen LogP contribution in [0.25, 0.3) is 5.69 Å². The number of aromatic nitrogens is 4. The minimum atomic E-state index is -0.304. The zero-order valence-electron chi connectivity index (χ0n) is 13.7. The van der Waals surface area contributed by atoms with E-state index in [1.54, 1.807) is 23.9 Å². The summed E-state index contributed by atoms with van der Waals surface area (Å²) < 4.78 is 25.2. The number of hydrogen-bond acceptors (Lipinski definition) is 6. The van der Waals surface area contributed by atoms with Crippen molar-refractivity contribution >= 4 is 5.82 Å². The third-order valence-corrected chi connectivity index (χ3v) is 3.43. The SMILES string of the molecule is COCc1noc([C@@H](C)Nc2cc(C)n(-c3cccc(F)c3)n2)n1. The standard InChI is InChI=1S/C16H18FN5O2/c1-10-7-14(20-22(10)13-6-4-5-12(17)8-13)18-11(2)16-19-15(9-23-3)21-24-16/h4-8,11H,9H2,1-3H3,(H,18,20)/t11-/m1/s1. The van der Waals surface area contributed by atoms with Gasteiger partial charge in [0.2, 0.25) is 5.89 Å². The molecule has 3 aromatic rings. The van der Waals surface area contributed by atoms with Gasteiger partial charge in [0.05, 0.1) is 5.69 Å². The maximum absolute atomic E-state index is 13.4. The van der Waals surface area contributed by atoms with E-state index in [9.17, 15) is 4.39 Å². The first-order chi connectivity index (χ1) is 11.6. The highest BCUT2D eigenvalue weighted by molar-refractivity contribution is 5.42. The third kappa shape index (κ3) is 3.43. The fourth-order valence-corrected chi connectivity index (χ4v) is 2.33. The van der Waals surface area contributed by atoms with Gasteiger partial charge in [-0.1, -0.05) is 11.2 Å². The fraction of sp³-hybridized carbons (Fsp3) is 0.312. The molecule has 2 aromatic heterocycles. The number of ether oxygens (including phenoxy) is 1. The molecular formula is C16H18FN5O2. The summed E-state index contributed by atoms with van der Waals surface area (Å²) in [6.07, 6.45) is 0. The maximum Gasteiger partial charge on any atom is 0.248 e. The molecule has 126 valence electrons. The van der Waals surface area contributed by atoms with Crippen LogP contribution in [-0.4, -0.2) is 27.0 Å². The molecule has 7 nitrogen and oxygen atoms in total. The van der Waals surface area contributed by atoms with E-state index in [0.717, 1.165) is 5.69 Å². The van der Waals surface area contributed by atoms with E-state index in [1.807, 2.05) is 19.9 Å². The maximum atomic E-state index is 13.4. The molecule has 0 amide bonds. The van der Waals surface area contributed by atoms with E-state index in [2.05, 4.69) is 20.6 Å². The quantitative estimate of drug-likeness (QED) is 0.748. The Kier molecular flexibility index (Phi) is 4.57. The molecule has 0 radical (unpaired) electrons. The molecule has 0 aliphatic heterocycles. The van der Waals surface area contributed by atoms with E-state index in [4.69, 9.17) is 9.26 Å². The van der Waals surface area contributed by atoms with Gasteiger partial charge in [-0.15, -0.1) is 0 Å². The van der Waals surface area contributed by atoms with Crippen LogP contribution in [0.5, 0.6) is 0 Å². The van der Waals surface area contributed by atoms with Crippen molar-refractivity contribution in [2.45, 2.75) is 26.5 Å². The second-order valence-corrected chi connectivity index (χ2v) is 5.41. The molecule has 0 fully saturated rings. The number of nitrogens with one attached hydrogen (secondary N) is 1. The van der Waals surface area contributed by atoms with Gasteiger partial charge in [-0.2, -0.15) is 10.1 Å². The second-order valence-electron chi connectivity index (χ2n) is 5.41. The number of aryl methyl sites for hydroxylation is 1. The number of anilines is 1. The normalized spacial score (nSPS) is 12.3. The van der Waals surface area contributed by atoms with E-state index in [1.165, 1.54) is 12.1 Å². The number of nitrogens with zero attached hydrogens (tertiary/aromatic N) is 4. The molecule has 1 N–H and O–H groups in total. The lowest BCUT2D eigenvalue weighted by Gasteiger charge is -2.08. The van der Waals surface area contributed by atoms with Crippen molar-refractivity contribution in [1.82, 2.24) is 19.9 Å². The van der Waals surface area contributed by atoms with E-state index >= 15 is 0 Å². The smallest absolute Gasteiger partial charge is 0.248 e. The van der Waals surface area contributed by atoms with Crippen molar-refractivity contribution in [2.24, 2.45) is 0 Å². The topological polar surface area (TPSA) is 78.0 Å². The summed E-state index contributed by atoms with van der Waals surface area (Å²) in [5, 5.41) is 11.5. The lowest BCUT2D eigenvalue weighted by molar-refractivity contribution is 0.174. The van der Waals surface area contributed by atoms with Crippen LogP contribution in [0.1, 0.15) is 30.4 Å². The summed E-state index contributed by atoms with van der Waals surface area (Å²) in [5.41, 5.74) is 1.54. The molecule has 0 aliphatic carbocycles. The van der Waals surface area contributed by atoms with E-state index in [-0.39, 0.29) is 11.9 Å². The molecule has 0 spiro atoms. The highest BCUT2D eigenvalue weighted by Crippen LogP contribution is 2.20. The van der Waals surface area contributed by atoms with Crippen molar-refractivity contribution in [2.75, 3.05) is 12.4 Å². The predicted molar refractivity (Wildman–Crippen MR) is 85.3 cm³/mol. The summed E-state index contributed by atoms with van der Waals surface area (Å²) in [6.45, 7) is 4.08. The number of hydrogen-bond donors (Lipinski definition) is 1. The molecule has 1 aromatic carbocycles. The largest absolute Gasteiger partial charge is 0.377 e. The Morgan fingerprint density at radius 1 is 1.38 bits per heavy atom. The summed E-state index contributed by atoms with van der Waals surface area (Å²) in [6, 6.07) is 7.92. The molecule has 0 unspecified atom stereocenters. The lowest BCUT2D eigenvalue weighted by Crippen LogP contribution is -2.08. The summed E-state index contributed by atoms with van der Waals surface area (Å²) in [7, 11) is 1.57. The number of rotatable bonds is 6. The van der Waals surface area contributed by atoms with Crippen LogP contribution in [0.2, 0.25) is 0 Å². The van der Waals surface area contributed by atoms with Crippen LogP contribution in [0.4, 0.5) is 10.2 Å². The third-order valence-electron chi connectivity index (χ3n) is 3.43. The summed E-state index contributed by atoms with van der Waals surface area (Å²) in [5.74, 6) is 1.26. The molecule has 0 bridgehead atoms. The Morgan fingerprint density at radius 2 is 2.21 bits per heavy atom. The zero-order valence-corrected chi connectivity index (χ0v) is 13.7. The van der Waals surface area contributed by atoms with E-state index < -0.39 is 0 Å². The zero-order chi connectivity index (χ0) is 17.1. The monoisotopic (exact) mass is 331 g/mol. The summed E-state index contributed by atoms with van der Waals surface area (Å²) >= 11 is 0. The average Bonchev–Trinajstić information content (AvgIpc) is 3.14. The van der Waals surface area contributed by atoms with Crippen LogP contribution < -0.4 is 5.32 Å². The van der Waals surface area contributed by atoms with Crippen molar-refractivity contribution in [3.8, 4) is 5.69 Å². The van der Waals surface area contributed by atoms with Crippen LogP contribution in [0.15, 0.2) is 34.9 Å². The van der Waals surface area contributed by atoms with Gasteiger partial charge in [0.15, 0.2) is 5.82 Å². The Hall–Kier alpha value is -2.74. The molecule has 2 heterocycles. The molecule has 3 rings (SSSR count). The average molecular weight is 331 g/mol. The minimum Gasteiger partial charge on any atom is -0.377 e. The Labute approximate surface area is 138 Å². The Morgan fingerprint density at radius 3 is 2.96 bits per heavy atom. The van der Waals surface area contributed by atoms with Crippen molar-refractivity contribution < 1.29 is 13.7 Å². The molecular weight excluding hydrogens is 313 g/mol. The first-order valence-corrected chi connectivity index (χ1v) is 7.47. The molecule has 24 heavy (non-hydrogen) atoms. The van der Waals surface area contributed by atoms with Gasteiger partial charge in [-0.3, -0.25) is 0 Å². The number of benzene rings is 1. The van der Waals surface area contributed by atoms with Crippen LogP contribution >= 0.6 is 0 Å². The minimum absolute atomic E-state index is 0.224. The van der Waals surface area contributed by atoms with Crippen LogP contribution in [0, 0.1) is 12.7 Å². The number of methoxy groups -OCH3 is 1. The van der Waals surface area contributed by atoms with Gasteiger partial charge in [0, 0.05) is 18.9 Å². The first-order valence-electron chi connectivity index (χ1n) is 7.47. The molecule has 0 aliphatic rings. The van der Waals surface area contributed by atoms with Crippen molar-refractivity contribution in [3.63, 3.8) is 0 Å². The highest BCUT2D eigenvalue weighted by atomic mass is 19.1. The van der Waals surface area contributed by atoms with Gasteiger partial charge in [-0.05, 0) is 32.0 Å². The Bertz CT molecular complexity index is 829. The molecule has 1 atom stereocenters. The van der Waals surface area contributed by atoms with E-state index in [0.29, 0.717) is 29.8 Å². The molecule has 8 heteroatoms. The molecule has 0 saturated carbocycles. The van der Waals surface area contributed by atoms with Gasteiger partial charge in [-0.25, -0.2) is 9.07 Å². The Balaban J connectivity index is 1.77. The highest BCUT2D eigenvalue weighted by Gasteiger charge is 2.16. The summed E-state index contributed by atoms with van der Waals surface area (Å²) in [4.78, 5) is 4.25. The van der Waals surface area contributed by atoms with Gasteiger partial charge < -0.3 is 14.6 Å². The molecule has 0 saturated heterocycles. The first kappa shape index (κ1) is 16.1. The van der Waals surface area contributed by atoms with Crippen molar-refractivity contribution in [1.29, 1.82) is 0 Å². The van der Waals surface area contributed by atoms with Gasteiger partial charge in [0.1, 0.15) is 24.3 Å². The second kappa shape index (κ2) is 6.79. The fourth-order valence-electron chi connectivity index (χ4n) is 2.33. The van der Waals surface area contributed by atoms with Crippen LogP contribution in [0.3, 0.4) is 0 Å². The van der Waals surface area contributed by atoms with Gasteiger partial charge >= 0.3 is 0 Å². The van der Waals surface area contributed by atoms with Gasteiger partial charge in [0.25, 0.3) is 0 Å². The predicted octanol–water partition coefficient (Wildman–Crippen LogP) is 3.02. The lowest BCUT2D eigenvalue weighted by atomic mass is 10.3. The number of halogens is 1.